The van der Waals surface area contributed by atoms with Crippen LogP contribution in [-0.2, 0) is 15.6 Å². The third kappa shape index (κ3) is 5.11. The lowest BCUT2D eigenvalue weighted by Crippen LogP contribution is -2.33. The summed E-state index contributed by atoms with van der Waals surface area (Å²) in [7, 11) is 1.72. The van der Waals surface area contributed by atoms with Crippen molar-refractivity contribution in [3.63, 3.8) is 0 Å². The van der Waals surface area contributed by atoms with Crippen molar-refractivity contribution in [3.8, 4) is 39.1 Å². The first-order valence-corrected chi connectivity index (χ1v) is 13.8. The lowest BCUT2D eigenvalue weighted by molar-refractivity contribution is 0.0526. The van der Waals surface area contributed by atoms with E-state index in [4.69, 9.17) is 9.47 Å². The number of ether oxygens (including phenoxy) is 2. The van der Waals surface area contributed by atoms with Crippen LogP contribution in [0.4, 0.5) is 0 Å². The third-order valence-electron chi connectivity index (χ3n) is 8.31. The van der Waals surface area contributed by atoms with E-state index in [1.807, 2.05) is 43.3 Å². The van der Waals surface area contributed by atoms with Crippen molar-refractivity contribution in [2.24, 2.45) is 0 Å². The zero-order chi connectivity index (χ0) is 27.8. The molecule has 0 atom stereocenters. The Morgan fingerprint density at radius 3 is 2.03 bits per heavy atom. The molecule has 5 rings (SSSR count). The van der Waals surface area contributed by atoms with Gasteiger partial charge < -0.3 is 9.47 Å². The Labute approximate surface area is 232 Å². The molecule has 0 aliphatic heterocycles. The van der Waals surface area contributed by atoms with E-state index < -0.39 is 0 Å². The molecule has 0 saturated heterocycles. The van der Waals surface area contributed by atoms with Crippen LogP contribution in [0.2, 0.25) is 0 Å². The lowest BCUT2D eigenvalue weighted by Gasteiger charge is -2.42. The van der Waals surface area contributed by atoms with Gasteiger partial charge in [0, 0.05) is 5.56 Å². The average molecular weight is 519 g/mol. The van der Waals surface area contributed by atoms with Crippen LogP contribution in [0.1, 0.15) is 68.9 Å². The molecule has 0 amide bonds. The third-order valence-corrected chi connectivity index (χ3v) is 8.31. The van der Waals surface area contributed by atoms with E-state index in [2.05, 4.69) is 76.2 Å². The highest BCUT2D eigenvalue weighted by Crippen LogP contribution is 2.48. The van der Waals surface area contributed by atoms with E-state index in [9.17, 15) is 4.79 Å². The summed E-state index contributed by atoms with van der Waals surface area (Å²) in [6.45, 7) is 11.6. The van der Waals surface area contributed by atoms with Crippen LogP contribution in [0.3, 0.4) is 0 Å². The highest BCUT2D eigenvalue weighted by Gasteiger charge is 2.37. The Bertz CT molecular complexity index is 1510. The molecule has 0 radical (unpaired) electrons. The predicted molar refractivity (Wildman–Crippen MR) is 161 cm³/mol. The van der Waals surface area contributed by atoms with Crippen molar-refractivity contribution in [1.82, 2.24) is 0 Å². The second kappa shape index (κ2) is 10.4. The summed E-state index contributed by atoms with van der Waals surface area (Å²) in [6, 6.07) is 29.5. The first-order chi connectivity index (χ1) is 18.6. The van der Waals surface area contributed by atoms with Gasteiger partial charge in [0.2, 0.25) is 0 Å². The SMILES string of the molecule is CCOC(=O)c1ccc(-c2ccc(-c3ccccc3OC)c(-c3ccc4c(c3)C(C)(C)CCC4(C)C)c2)cc1. The summed E-state index contributed by atoms with van der Waals surface area (Å²) < 4.78 is 10.9. The smallest absolute Gasteiger partial charge is 0.338 e. The second-order valence-corrected chi connectivity index (χ2v) is 11.8. The molecule has 0 saturated carbocycles. The van der Waals surface area contributed by atoms with Crippen LogP contribution in [0.15, 0.2) is 84.9 Å². The summed E-state index contributed by atoms with van der Waals surface area (Å²) in [5.41, 5.74) is 10.4. The van der Waals surface area contributed by atoms with Gasteiger partial charge in [0.1, 0.15) is 5.75 Å². The molecule has 0 spiro atoms. The Balaban J connectivity index is 1.68. The molecule has 3 nitrogen and oxygen atoms in total. The molecule has 4 aromatic rings. The molecule has 1 aliphatic carbocycles. The summed E-state index contributed by atoms with van der Waals surface area (Å²) >= 11 is 0. The number of esters is 1. The highest BCUT2D eigenvalue weighted by molar-refractivity contribution is 5.91. The summed E-state index contributed by atoms with van der Waals surface area (Å²) in [5.74, 6) is 0.556. The number of hydrogen-bond acceptors (Lipinski definition) is 3. The Morgan fingerprint density at radius 2 is 1.33 bits per heavy atom. The van der Waals surface area contributed by atoms with E-state index >= 15 is 0 Å². The number of benzene rings is 4. The van der Waals surface area contributed by atoms with Crippen molar-refractivity contribution in [2.75, 3.05) is 13.7 Å². The first kappa shape index (κ1) is 26.7. The van der Waals surface area contributed by atoms with Crippen LogP contribution in [0.5, 0.6) is 5.75 Å². The van der Waals surface area contributed by atoms with E-state index in [-0.39, 0.29) is 16.8 Å². The normalized spacial score (nSPS) is 15.3. The zero-order valence-electron chi connectivity index (χ0n) is 23.9. The molecule has 200 valence electrons. The molecule has 39 heavy (non-hydrogen) atoms. The summed E-state index contributed by atoms with van der Waals surface area (Å²) in [5, 5.41) is 0. The minimum absolute atomic E-state index is 0.117. The molecule has 0 N–H and O–H groups in total. The topological polar surface area (TPSA) is 35.5 Å². The van der Waals surface area contributed by atoms with Gasteiger partial charge in [-0.05, 0) is 93.8 Å². The molecule has 4 aromatic carbocycles. The molecular formula is C36H38O3. The number of methoxy groups -OCH3 is 1. The average Bonchev–Trinajstić information content (AvgIpc) is 2.95. The van der Waals surface area contributed by atoms with Crippen molar-refractivity contribution in [3.05, 3.63) is 102 Å². The van der Waals surface area contributed by atoms with Gasteiger partial charge in [-0.15, -0.1) is 0 Å². The van der Waals surface area contributed by atoms with Gasteiger partial charge in [-0.3, -0.25) is 0 Å². The number of fused-ring (bicyclic) bond motifs is 1. The van der Waals surface area contributed by atoms with Gasteiger partial charge in [0.05, 0.1) is 19.3 Å². The van der Waals surface area contributed by atoms with Crippen LogP contribution in [0, 0.1) is 0 Å². The van der Waals surface area contributed by atoms with E-state index in [1.54, 1.807) is 7.11 Å². The molecule has 3 heteroatoms. The number of para-hydroxylation sites is 1. The maximum absolute atomic E-state index is 12.2. The minimum atomic E-state index is -0.296. The molecule has 1 aliphatic rings. The number of hydrogen-bond donors (Lipinski definition) is 0. The maximum atomic E-state index is 12.2. The Kier molecular flexibility index (Phi) is 7.11. The van der Waals surface area contributed by atoms with Gasteiger partial charge >= 0.3 is 5.97 Å². The quantitative estimate of drug-likeness (QED) is 0.239. The number of carbonyl (C=O) groups is 1. The van der Waals surface area contributed by atoms with Crippen LogP contribution in [0.25, 0.3) is 33.4 Å². The van der Waals surface area contributed by atoms with Gasteiger partial charge in [-0.1, -0.05) is 88.4 Å². The van der Waals surface area contributed by atoms with Crippen LogP contribution >= 0.6 is 0 Å². The van der Waals surface area contributed by atoms with Crippen LogP contribution < -0.4 is 4.74 Å². The lowest BCUT2D eigenvalue weighted by atomic mass is 9.63. The van der Waals surface area contributed by atoms with Crippen molar-refractivity contribution < 1.29 is 14.3 Å². The maximum Gasteiger partial charge on any atom is 0.338 e. The monoisotopic (exact) mass is 518 g/mol. The molecular weight excluding hydrogens is 480 g/mol. The molecule has 0 fully saturated rings. The fourth-order valence-corrected chi connectivity index (χ4v) is 5.83. The van der Waals surface area contributed by atoms with Gasteiger partial charge in [-0.2, -0.15) is 0 Å². The van der Waals surface area contributed by atoms with E-state index in [0.717, 1.165) is 33.6 Å². The number of rotatable bonds is 6. The summed E-state index contributed by atoms with van der Waals surface area (Å²) in [4.78, 5) is 12.2. The van der Waals surface area contributed by atoms with E-state index in [1.165, 1.54) is 29.5 Å². The highest BCUT2D eigenvalue weighted by atomic mass is 16.5. The fraction of sp³-hybridized carbons (Fsp3) is 0.306. The van der Waals surface area contributed by atoms with Gasteiger partial charge in [-0.25, -0.2) is 4.79 Å². The van der Waals surface area contributed by atoms with E-state index in [0.29, 0.717) is 12.2 Å². The van der Waals surface area contributed by atoms with Crippen molar-refractivity contribution >= 4 is 5.97 Å². The largest absolute Gasteiger partial charge is 0.496 e. The molecule has 0 bridgehead atoms. The zero-order valence-corrected chi connectivity index (χ0v) is 23.9. The minimum Gasteiger partial charge on any atom is -0.496 e. The second-order valence-electron chi connectivity index (χ2n) is 11.8. The predicted octanol–water partition coefficient (Wildman–Crippen LogP) is 9.22. The molecule has 0 aromatic heterocycles. The van der Waals surface area contributed by atoms with Crippen molar-refractivity contribution in [1.29, 1.82) is 0 Å². The fourth-order valence-electron chi connectivity index (χ4n) is 5.83. The molecule has 0 heterocycles. The standard InChI is InChI=1S/C36H38O3/c1-7-39-34(37)25-14-12-24(13-15-25)26-16-18-28(29-10-8-9-11-33(29)38-6)30(22-26)27-17-19-31-32(23-27)36(4,5)21-20-35(31,2)3/h8-19,22-23H,7,20-21H2,1-6H3. The van der Waals surface area contributed by atoms with Crippen LogP contribution in [-0.4, -0.2) is 19.7 Å². The van der Waals surface area contributed by atoms with Crippen molar-refractivity contribution in [2.45, 2.75) is 58.3 Å². The molecule has 0 unspecified atom stereocenters. The van der Waals surface area contributed by atoms with Gasteiger partial charge in [0.25, 0.3) is 0 Å². The first-order valence-electron chi connectivity index (χ1n) is 13.8. The number of carbonyl (C=O) groups excluding carboxylic acids is 1. The Hall–Kier alpha value is -3.85. The van der Waals surface area contributed by atoms with Gasteiger partial charge in [0.15, 0.2) is 0 Å². The summed E-state index contributed by atoms with van der Waals surface area (Å²) in [6.07, 6.45) is 2.36. The Morgan fingerprint density at radius 1 is 0.692 bits per heavy atom.